The summed E-state index contributed by atoms with van der Waals surface area (Å²) in [5.74, 6) is 1.50. The predicted molar refractivity (Wildman–Crippen MR) is 67.0 cm³/mol. The van der Waals surface area contributed by atoms with E-state index < -0.39 is 0 Å². The zero-order chi connectivity index (χ0) is 12.0. The Bertz CT molecular complexity index is 218. The van der Waals surface area contributed by atoms with Crippen molar-refractivity contribution in [2.24, 2.45) is 17.6 Å². The van der Waals surface area contributed by atoms with Crippen LogP contribution in [0.15, 0.2) is 0 Å². The second-order valence-electron chi connectivity index (χ2n) is 5.38. The van der Waals surface area contributed by atoms with Gasteiger partial charge in [-0.2, -0.15) is 0 Å². The molecule has 3 nitrogen and oxygen atoms in total. The molecular weight excluding hydrogens is 200 g/mol. The summed E-state index contributed by atoms with van der Waals surface area (Å²) in [4.78, 5) is 10.6. The molecule has 1 aliphatic carbocycles. The topological polar surface area (TPSA) is 55.1 Å². The van der Waals surface area contributed by atoms with Crippen molar-refractivity contribution < 1.29 is 4.79 Å². The number of hydrogen-bond acceptors (Lipinski definition) is 2. The fourth-order valence-corrected chi connectivity index (χ4v) is 2.68. The number of unbranched alkanes of at least 4 members (excludes halogenated alkanes) is 1. The average Bonchev–Trinajstić information content (AvgIpc) is 2.20. The lowest BCUT2D eigenvalue weighted by Crippen LogP contribution is -2.39. The number of rotatable bonds is 6. The van der Waals surface area contributed by atoms with Crippen molar-refractivity contribution in [3.05, 3.63) is 0 Å². The summed E-state index contributed by atoms with van der Waals surface area (Å²) < 4.78 is 0. The molecule has 1 saturated carbocycles. The van der Waals surface area contributed by atoms with Gasteiger partial charge in [0.1, 0.15) is 0 Å². The lowest BCUT2D eigenvalue weighted by atomic mass is 9.80. The molecule has 0 aromatic carbocycles. The van der Waals surface area contributed by atoms with Crippen LogP contribution in [0.25, 0.3) is 0 Å². The van der Waals surface area contributed by atoms with Gasteiger partial charge in [0.25, 0.3) is 0 Å². The Kier molecular flexibility index (Phi) is 5.81. The molecule has 16 heavy (non-hydrogen) atoms. The molecule has 0 radical (unpaired) electrons. The van der Waals surface area contributed by atoms with Crippen LogP contribution in [0.1, 0.15) is 52.4 Å². The second-order valence-corrected chi connectivity index (χ2v) is 5.38. The van der Waals surface area contributed by atoms with E-state index >= 15 is 0 Å². The minimum Gasteiger partial charge on any atom is -0.370 e. The number of nitrogens with two attached hydrogens (primary N) is 1. The van der Waals surface area contributed by atoms with E-state index in [4.69, 9.17) is 5.73 Å². The summed E-state index contributed by atoms with van der Waals surface area (Å²) in [5, 5.41) is 3.61. The number of carbonyl (C=O) groups excluding carboxylic acids is 1. The van der Waals surface area contributed by atoms with E-state index in [-0.39, 0.29) is 5.91 Å². The lowest BCUT2D eigenvalue weighted by molar-refractivity contribution is -0.118. The highest BCUT2D eigenvalue weighted by atomic mass is 16.1. The van der Waals surface area contributed by atoms with Crippen molar-refractivity contribution in [2.45, 2.75) is 58.4 Å². The first-order valence-electron chi connectivity index (χ1n) is 6.61. The van der Waals surface area contributed by atoms with Crippen molar-refractivity contribution >= 4 is 5.91 Å². The molecule has 3 heteroatoms. The predicted octanol–water partition coefficient (Wildman–Crippen LogP) is 2.06. The number of nitrogens with one attached hydrogen (secondary N) is 1. The van der Waals surface area contributed by atoms with E-state index in [1.807, 2.05) is 0 Å². The molecule has 1 aliphatic rings. The third-order valence-corrected chi connectivity index (χ3v) is 3.69. The molecule has 3 atom stereocenters. The fourth-order valence-electron chi connectivity index (χ4n) is 2.68. The molecule has 0 saturated heterocycles. The Morgan fingerprint density at radius 2 is 2.06 bits per heavy atom. The van der Waals surface area contributed by atoms with E-state index in [0.29, 0.717) is 12.5 Å². The summed E-state index contributed by atoms with van der Waals surface area (Å²) in [7, 11) is 0. The first-order valence-corrected chi connectivity index (χ1v) is 6.61. The van der Waals surface area contributed by atoms with Gasteiger partial charge in [-0.1, -0.05) is 13.8 Å². The van der Waals surface area contributed by atoms with Gasteiger partial charge in [-0.3, -0.25) is 4.79 Å². The zero-order valence-corrected chi connectivity index (χ0v) is 10.7. The lowest BCUT2D eigenvalue weighted by Gasteiger charge is -2.33. The van der Waals surface area contributed by atoms with Gasteiger partial charge in [0.15, 0.2) is 0 Å². The minimum atomic E-state index is -0.181. The quantitative estimate of drug-likeness (QED) is 0.681. The number of hydrogen-bond donors (Lipinski definition) is 2. The SMILES string of the molecule is CC1CCC(NCCCCC(N)=O)C(C)C1. The van der Waals surface area contributed by atoms with Gasteiger partial charge in [-0.15, -0.1) is 0 Å². The first-order chi connectivity index (χ1) is 7.59. The van der Waals surface area contributed by atoms with E-state index in [2.05, 4.69) is 19.2 Å². The van der Waals surface area contributed by atoms with Gasteiger partial charge >= 0.3 is 0 Å². The third kappa shape index (κ3) is 4.97. The van der Waals surface area contributed by atoms with Crippen molar-refractivity contribution in [3.63, 3.8) is 0 Å². The van der Waals surface area contributed by atoms with Gasteiger partial charge in [-0.05, 0) is 50.5 Å². The van der Waals surface area contributed by atoms with Gasteiger partial charge < -0.3 is 11.1 Å². The summed E-state index contributed by atoms with van der Waals surface area (Å²) >= 11 is 0. The summed E-state index contributed by atoms with van der Waals surface area (Å²) in [6.07, 6.45) is 6.50. The van der Waals surface area contributed by atoms with Gasteiger partial charge in [0, 0.05) is 12.5 Å². The molecule has 1 rings (SSSR count). The molecular formula is C13H26N2O. The molecule has 3 unspecified atom stereocenters. The van der Waals surface area contributed by atoms with Crippen LogP contribution in [0.5, 0.6) is 0 Å². The van der Waals surface area contributed by atoms with Crippen LogP contribution >= 0.6 is 0 Å². The fraction of sp³-hybridized carbons (Fsp3) is 0.923. The Balaban J connectivity index is 2.06. The Morgan fingerprint density at radius 1 is 1.31 bits per heavy atom. The maximum atomic E-state index is 10.6. The van der Waals surface area contributed by atoms with Gasteiger partial charge in [-0.25, -0.2) is 0 Å². The Labute approximate surface area is 99.2 Å². The number of primary amides is 1. The van der Waals surface area contributed by atoms with Crippen LogP contribution in [0.3, 0.4) is 0 Å². The van der Waals surface area contributed by atoms with Crippen LogP contribution < -0.4 is 11.1 Å². The minimum absolute atomic E-state index is 0.181. The molecule has 0 aromatic heterocycles. The molecule has 0 spiro atoms. The molecule has 0 heterocycles. The Hall–Kier alpha value is -0.570. The first kappa shape index (κ1) is 13.5. The van der Waals surface area contributed by atoms with Crippen molar-refractivity contribution in [3.8, 4) is 0 Å². The summed E-state index contributed by atoms with van der Waals surface area (Å²) in [6, 6.07) is 0.685. The van der Waals surface area contributed by atoms with Gasteiger partial charge in [0.2, 0.25) is 5.91 Å². The number of carbonyl (C=O) groups is 1. The molecule has 0 aromatic rings. The molecule has 1 fully saturated rings. The zero-order valence-electron chi connectivity index (χ0n) is 10.7. The van der Waals surface area contributed by atoms with Crippen LogP contribution in [0.4, 0.5) is 0 Å². The van der Waals surface area contributed by atoms with Crippen LogP contribution in [0, 0.1) is 11.8 Å². The third-order valence-electron chi connectivity index (χ3n) is 3.69. The highest BCUT2D eigenvalue weighted by molar-refractivity contribution is 5.73. The van der Waals surface area contributed by atoms with Crippen LogP contribution in [-0.4, -0.2) is 18.5 Å². The van der Waals surface area contributed by atoms with Crippen molar-refractivity contribution in [1.29, 1.82) is 0 Å². The molecule has 0 aliphatic heterocycles. The Morgan fingerprint density at radius 3 is 2.69 bits per heavy atom. The van der Waals surface area contributed by atoms with E-state index in [0.717, 1.165) is 31.2 Å². The van der Waals surface area contributed by atoms with Crippen LogP contribution in [0.2, 0.25) is 0 Å². The maximum Gasteiger partial charge on any atom is 0.217 e. The molecule has 0 bridgehead atoms. The van der Waals surface area contributed by atoms with Crippen molar-refractivity contribution in [2.75, 3.05) is 6.54 Å². The number of amides is 1. The van der Waals surface area contributed by atoms with Crippen LogP contribution in [-0.2, 0) is 4.79 Å². The maximum absolute atomic E-state index is 10.6. The highest BCUT2D eigenvalue weighted by Gasteiger charge is 2.24. The molecule has 1 amide bonds. The molecule has 3 N–H and O–H groups in total. The van der Waals surface area contributed by atoms with E-state index in [1.54, 1.807) is 0 Å². The summed E-state index contributed by atoms with van der Waals surface area (Å²) in [5.41, 5.74) is 5.10. The monoisotopic (exact) mass is 226 g/mol. The van der Waals surface area contributed by atoms with Gasteiger partial charge in [0.05, 0.1) is 0 Å². The smallest absolute Gasteiger partial charge is 0.217 e. The average molecular weight is 226 g/mol. The molecule has 94 valence electrons. The largest absolute Gasteiger partial charge is 0.370 e. The van der Waals surface area contributed by atoms with Crippen molar-refractivity contribution in [1.82, 2.24) is 5.32 Å². The second kappa shape index (κ2) is 6.89. The van der Waals surface area contributed by atoms with E-state index in [9.17, 15) is 4.79 Å². The normalized spacial score (nSPS) is 30.2. The van der Waals surface area contributed by atoms with E-state index in [1.165, 1.54) is 19.3 Å². The standard InChI is InChI=1S/C13H26N2O/c1-10-6-7-12(11(2)9-10)15-8-4-3-5-13(14)16/h10-12,15H,3-9H2,1-2H3,(H2,14,16). The highest BCUT2D eigenvalue weighted by Crippen LogP contribution is 2.28. The summed E-state index contributed by atoms with van der Waals surface area (Å²) in [6.45, 7) is 5.72.